The summed E-state index contributed by atoms with van der Waals surface area (Å²) in [4.78, 5) is 10.9. The summed E-state index contributed by atoms with van der Waals surface area (Å²) in [5.41, 5.74) is 1.13. The molecule has 0 fully saturated rings. The summed E-state index contributed by atoms with van der Waals surface area (Å²) in [6.07, 6.45) is 0. The Morgan fingerprint density at radius 2 is 1.41 bits per heavy atom. The van der Waals surface area contributed by atoms with E-state index in [2.05, 4.69) is 0 Å². The fourth-order valence-electron chi connectivity index (χ4n) is 3.77. The van der Waals surface area contributed by atoms with Gasteiger partial charge in [0.1, 0.15) is 5.75 Å². The largest absolute Gasteiger partial charge is 0.482 e. The van der Waals surface area contributed by atoms with Crippen molar-refractivity contribution in [2.45, 2.75) is 22.9 Å². The molecular weight excluding hydrogens is 516 g/mol. The van der Waals surface area contributed by atoms with Crippen molar-refractivity contribution in [3.05, 3.63) is 102 Å². The number of hydrogen-bond donors (Lipinski definition) is 2. The third-order valence-electron chi connectivity index (χ3n) is 5.59. The number of carboxylic acids is 1. The number of nitrogens with two attached hydrogens (primary N) is 1. The summed E-state index contributed by atoms with van der Waals surface area (Å²) >= 11 is 0. The molecular formula is C26H24N2O7S2. The summed E-state index contributed by atoms with van der Waals surface area (Å²) in [7, 11) is -7.90. The van der Waals surface area contributed by atoms with Crippen LogP contribution in [-0.4, -0.2) is 38.8 Å². The SMILES string of the molecule is NS(=O)(=O)c1ccc(CN(Cc2cccc(OCC(=O)O)c2)S(=O)(=O)c2ccc3ccccc3c2)cc1. The van der Waals surface area contributed by atoms with Gasteiger partial charge in [-0.15, -0.1) is 0 Å². The van der Waals surface area contributed by atoms with Crippen molar-refractivity contribution in [2.24, 2.45) is 5.14 Å². The highest BCUT2D eigenvalue weighted by atomic mass is 32.2. The Morgan fingerprint density at radius 1 is 0.757 bits per heavy atom. The summed E-state index contributed by atoms with van der Waals surface area (Å²) in [5.74, 6) is -0.839. The maximum Gasteiger partial charge on any atom is 0.341 e. The second-order valence-corrected chi connectivity index (χ2v) is 11.8. The maximum absolute atomic E-state index is 13.8. The van der Waals surface area contributed by atoms with Crippen LogP contribution in [0.5, 0.6) is 5.75 Å². The highest BCUT2D eigenvalue weighted by molar-refractivity contribution is 7.89. The molecule has 0 aliphatic rings. The van der Waals surface area contributed by atoms with Gasteiger partial charge >= 0.3 is 5.97 Å². The topological polar surface area (TPSA) is 144 Å². The van der Waals surface area contributed by atoms with Gasteiger partial charge < -0.3 is 9.84 Å². The number of fused-ring (bicyclic) bond motifs is 1. The molecule has 0 amide bonds. The highest BCUT2D eigenvalue weighted by Gasteiger charge is 2.26. The van der Waals surface area contributed by atoms with Crippen molar-refractivity contribution < 1.29 is 31.5 Å². The first-order chi connectivity index (χ1) is 17.5. The van der Waals surface area contributed by atoms with Crippen LogP contribution in [0.25, 0.3) is 10.8 Å². The smallest absolute Gasteiger partial charge is 0.341 e. The van der Waals surface area contributed by atoms with Crippen LogP contribution in [0.4, 0.5) is 0 Å². The van der Waals surface area contributed by atoms with Crippen LogP contribution in [0.1, 0.15) is 11.1 Å². The number of carbonyl (C=O) groups is 1. The van der Waals surface area contributed by atoms with Crippen LogP contribution < -0.4 is 9.88 Å². The molecule has 0 saturated heterocycles. The minimum absolute atomic E-state index is 0.0453. The van der Waals surface area contributed by atoms with Crippen molar-refractivity contribution in [1.82, 2.24) is 4.31 Å². The average Bonchev–Trinajstić information content (AvgIpc) is 2.87. The van der Waals surface area contributed by atoms with Crippen LogP contribution in [0.2, 0.25) is 0 Å². The number of ether oxygens (including phenoxy) is 1. The Hall–Kier alpha value is -3.77. The normalized spacial score (nSPS) is 12.1. The first-order valence-corrected chi connectivity index (χ1v) is 14.1. The van der Waals surface area contributed by atoms with Gasteiger partial charge in [0, 0.05) is 13.1 Å². The standard InChI is InChI=1S/C26H24N2O7S2/c27-36(31,32)24-11-8-19(9-12-24)16-28(17-20-4-3-7-23(14-20)35-18-26(29)30)37(33,34)25-13-10-21-5-1-2-6-22(21)15-25/h1-15H,16-18H2,(H,29,30)(H2,27,31,32). The van der Waals surface area contributed by atoms with E-state index in [1.54, 1.807) is 42.5 Å². The summed E-state index contributed by atoms with van der Waals surface area (Å²) in [6.45, 7) is -0.629. The molecule has 4 aromatic rings. The van der Waals surface area contributed by atoms with Crippen molar-refractivity contribution in [3.63, 3.8) is 0 Å². The fraction of sp³-hybridized carbons (Fsp3) is 0.115. The molecule has 0 saturated carbocycles. The number of rotatable bonds is 10. The first kappa shape index (κ1) is 26.3. The second-order valence-electron chi connectivity index (χ2n) is 8.30. The third kappa shape index (κ3) is 6.52. The predicted octanol–water partition coefficient (Wildman–Crippen LogP) is 3.34. The van der Waals surface area contributed by atoms with E-state index in [-0.39, 0.29) is 22.9 Å². The molecule has 37 heavy (non-hydrogen) atoms. The minimum Gasteiger partial charge on any atom is -0.482 e. The third-order valence-corrected chi connectivity index (χ3v) is 8.31. The van der Waals surface area contributed by atoms with Crippen LogP contribution in [0.3, 0.4) is 0 Å². The minimum atomic E-state index is -4.01. The zero-order valence-corrected chi connectivity index (χ0v) is 21.2. The van der Waals surface area contributed by atoms with Crippen molar-refractivity contribution in [3.8, 4) is 5.75 Å². The lowest BCUT2D eigenvalue weighted by molar-refractivity contribution is -0.139. The molecule has 0 atom stereocenters. The molecule has 0 radical (unpaired) electrons. The Bertz CT molecular complexity index is 1650. The lowest BCUT2D eigenvalue weighted by Gasteiger charge is -2.23. The Balaban J connectivity index is 1.70. The van der Waals surface area contributed by atoms with Gasteiger partial charge in [0.2, 0.25) is 20.0 Å². The van der Waals surface area contributed by atoms with E-state index >= 15 is 0 Å². The van der Waals surface area contributed by atoms with Gasteiger partial charge in [-0.25, -0.2) is 26.8 Å². The molecule has 0 aromatic heterocycles. The Morgan fingerprint density at radius 3 is 2.08 bits per heavy atom. The van der Waals surface area contributed by atoms with Gasteiger partial charge in [0.25, 0.3) is 0 Å². The molecule has 0 unspecified atom stereocenters. The lowest BCUT2D eigenvalue weighted by atomic mass is 10.1. The highest BCUT2D eigenvalue weighted by Crippen LogP contribution is 2.26. The molecule has 0 aliphatic heterocycles. The van der Waals surface area contributed by atoms with Gasteiger partial charge in [-0.1, -0.05) is 54.6 Å². The van der Waals surface area contributed by atoms with Gasteiger partial charge in [-0.2, -0.15) is 4.31 Å². The zero-order chi connectivity index (χ0) is 26.6. The molecule has 11 heteroatoms. The molecule has 4 aromatic carbocycles. The maximum atomic E-state index is 13.8. The number of primary sulfonamides is 1. The molecule has 192 valence electrons. The molecule has 0 bridgehead atoms. The van der Waals surface area contributed by atoms with E-state index in [0.29, 0.717) is 16.9 Å². The predicted molar refractivity (Wildman–Crippen MR) is 138 cm³/mol. The Labute approximate surface area is 214 Å². The second kappa shape index (κ2) is 10.7. The summed E-state index contributed by atoms with van der Waals surface area (Å²) in [6, 6.07) is 24.5. The van der Waals surface area contributed by atoms with Gasteiger partial charge in [0.05, 0.1) is 9.79 Å². The van der Waals surface area contributed by atoms with Gasteiger partial charge in [-0.05, 0) is 58.3 Å². The fourth-order valence-corrected chi connectivity index (χ4v) is 5.74. The molecule has 9 nitrogen and oxygen atoms in total. The molecule has 4 rings (SSSR count). The van der Waals surface area contributed by atoms with E-state index in [9.17, 15) is 21.6 Å². The van der Waals surface area contributed by atoms with E-state index in [0.717, 1.165) is 10.8 Å². The number of aliphatic carboxylic acids is 1. The van der Waals surface area contributed by atoms with Gasteiger partial charge in [0.15, 0.2) is 6.61 Å². The summed E-state index contributed by atoms with van der Waals surface area (Å²) in [5, 5.41) is 15.7. The molecule has 3 N–H and O–H groups in total. The Kier molecular flexibility index (Phi) is 7.60. The van der Waals surface area contributed by atoms with Crippen LogP contribution in [-0.2, 0) is 37.9 Å². The monoisotopic (exact) mass is 540 g/mol. The van der Waals surface area contributed by atoms with Crippen molar-refractivity contribution in [2.75, 3.05) is 6.61 Å². The number of nitrogens with zero attached hydrogens (tertiary/aromatic N) is 1. The average molecular weight is 541 g/mol. The van der Waals surface area contributed by atoms with E-state index < -0.39 is 32.6 Å². The number of sulfonamides is 2. The number of hydrogen-bond acceptors (Lipinski definition) is 6. The quantitative estimate of drug-likeness (QED) is 0.314. The molecule has 0 spiro atoms. The van der Waals surface area contributed by atoms with Crippen LogP contribution in [0, 0.1) is 0 Å². The van der Waals surface area contributed by atoms with E-state index in [1.165, 1.54) is 28.6 Å². The lowest BCUT2D eigenvalue weighted by Crippen LogP contribution is -2.30. The molecule has 0 aliphatic carbocycles. The van der Waals surface area contributed by atoms with E-state index in [1.807, 2.05) is 24.3 Å². The summed E-state index contributed by atoms with van der Waals surface area (Å²) < 4.78 is 57.3. The number of carboxylic acid groups (broad SMARTS) is 1. The van der Waals surface area contributed by atoms with Crippen LogP contribution >= 0.6 is 0 Å². The zero-order valence-electron chi connectivity index (χ0n) is 19.5. The number of benzene rings is 4. The first-order valence-electron chi connectivity index (χ1n) is 11.1. The van der Waals surface area contributed by atoms with E-state index in [4.69, 9.17) is 15.0 Å². The molecule has 0 heterocycles. The van der Waals surface area contributed by atoms with Gasteiger partial charge in [-0.3, -0.25) is 0 Å². The van der Waals surface area contributed by atoms with Crippen molar-refractivity contribution in [1.29, 1.82) is 0 Å². The van der Waals surface area contributed by atoms with Crippen LogP contribution in [0.15, 0.2) is 101 Å². The van der Waals surface area contributed by atoms with Crippen molar-refractivity contribution >= 4 is 36.8 Å².